The van der Waals surface area contributed by atoms with Crippen molar-refractivity contribution in [2.24, 2.45) is 0 Å². The minimum Gasteiger partial charge on any atom is -0.312 e. The average molecular weight is 238 g/mol. The Morgan fingerprint density at radius 1 is 1.57 bits per heavy atom. The molecule has 1 saturated heterocycles. The monoisotopic (exact) mass is 238 g/mol. The molecule has 0 saturated carbocycles. The summed E-state index contributed by atoms with van der Waals surface area (Å²) in [6, 6.07) is 0.577. The third-order valence-electron chi connectivity index (χ3n) is 2.36. The van der Waals surface area contributed by atoms with Crippen LogP contribution in [-0.4, -0.2) is 56.7 Å². The highest BCUT2D eigenvalue weighted by Crippen LogP contribution is 2.16. The lowest BCUT2D eigenvalue weighted by Gasteiger charge is -2.16. The summed E-state index contributed by atoms with van der Waals surface area (Å²) in [5.74, 6) is 2.38. The van der Waals surface area contributed by atoms with Crippen LogP contribution in [0.2, 0.25) is 0 Å². The first-order valence-corrected chi connectivity index (χ1v) is 7.73. The molecule has 1 fully saturated rings. The zero-order chi connectivity index (χ0) is 10.6. The molecule has 0 aromatic rings. The largest absolute Gasteiger partial charge is 0.312 e. The van der Waals surface area contributed by atoms with Crippen molar-refractivity contribution in [2.75, 3.05) is 37.9 Å². The minimum atomic E-state index is -3.01. The van der Waals surface area contributed by atoms with Crippen LogP contribution >= 0.6 is 11.8 Å². The van der Waals surface area contributed by atoms with Gasteiger partial charge in [0.25, 0.3) is 0 Å². The van der Waals surface area contributed by atoms with Gasteiger partial charge in [-0.1, -0.05) is 0 Å². The van der Waals surface area contributed by atoms with Gasteiger partial charge in [-0.2, -0.15) is 11.8 Å². The fraction of sp³-hybridized carbons (Fsp3) is 1.00. The number of hydrogen-bond acceptors (Lipinski definition) is 4. The van der Waals surface area contributed by atoms with E-state index < -0.39 is 10.0 Å². The second-order valence-corrected chi connectivity index (χ2v) is 6.84. The first-order chi connectivity index (χ1) is 6.50. The number of thioether (sulfide) groups is 1. The van der Waals surface area contributed by atoms with Gasteiger partial charge in [0.2, 0.25) is 10.0 Å². The Kier molecular flexibility index (Phi) is 4.69. The summed E-state index contributed by atoms with van der Waals surface area (Å²) in [4.78, 5) is 0. The molecule has 6 heteroatoms. The van der Waals surface area contributed by atoms with E-state index in [0.717, 1.165) is 12.3 Å². The van der Waals surface area contributed by atoms with Crippen LogP contribution in [0.3, 0.4) is 0 Å². The molecule has 1 atom stereocenters. The number of rotatable bonds is 5. The lowest BCUT2D eigenvalue weighted by Crippen LogP contribution is -2.37. The molecule has 0 aromatic heterocycles. The Morgan fingerprint density at radius 2 is 2.29 bits per heavy atom. The highest BCUT2D eigenvalue weighted by molar-refractivity contribution is 7.99. The van der Waals surface area contributed by atoms with E-state index in [4.69, 9.17) is 0 Å². The Hall–Kier alpha value is 0.220. The molecule has 1 aliphatic heterocycles. The van der Waals surface area contributed by atoms with Gasteiger partial charge < -0.3 is 5.32 Å². The molecule has 1 aliphatic rings. The maximum atomic E-state index is 11.1. The standard InChI is InChI=1S/C8H18N2O2S2/c1-10(14(2,11)12)5-4-9-8-3-6-13-7-8/h8-9H,3-7H2,1-2H3. The van der Waals surface area contributed by atoms with Gasteiger partial charge in [0.1, 0.15) is 0 Å². The van der Waals surface area contributed by atoms with Crippen LogP contribution in [0.4, 0.5) is 0 Å². The molecule has 0 aliphatic carbocycles. The summed E-state index contributed by atoms with van der Waals surface area (Å²) in [7, 11) is -1.40. The second kappa shape index (κ2) is 5.34. The van der Waals surface area contributed by atoms with Crippen molar-refractivity contribution in [3.63, 3.8) is 0 Å². The molecule has 1 heterocycles. The number of hydrogen-bond donors (Lipinski definition) is 1. The molecule has 4 nitrogen and oxygen atoms in total. The van der Waals surface area contributed by atoms with Crippen molar-refractivity contribution < 1.29 is 8.42 Å². The molecule has 14 heavy (non-hydrogen) atoms. The average Bonchev–Trinajstić information content (AvgIpc) is 2.55. The van der Waals surface area contributed by atoms with Crippen LogP contribution < -0.4 is 5.32 Å². The summed E-state index contributed by atoms with van der Waals surface area (Å²) in [6.45, 7) is 1.30. The third kappa shape index (κ3) is 4.16. The van der Waals surface area contributed by atoms with E-state index in [1.807, 2.05) is 11.8 Å². The van der Waals surface area contributed by atoms with E-state index in [2.05, 4.69) is 5.32 Å². The van der Waals surface area contributed by atoms with E-state index in [-0.39, 0.29) is 0 Å². The van der Waals surface area contributed by atoms with Crippen LogP contribution in [0.25, 0.3) is 0 Å². The molecule has 1 rings (SSSR count). The number of likely N-dealkylation sites (N-methyl/N-ethyl adjacent to an activating group) is 1. The highest BCUT2D eigenvalue weighted by Gasteiger charge is 2.15. The topological polar surface area (TPSA) is 49.4 Å². The Bertz CT molecular complexity index is 261. The van der Waals surface area contributed by atoms with Crippen LogP contribution in [0.1, 0.15) is 6.42 Å². The van der Waals surface area contributed by atoms with Crippen LogP contribution in [0, 0.1) is 0 Å². The normalized spacial score (nSPS) is 23.2. The second-order valence-electron chi connectivity index (χ2n) is 3.60. The van der Waals surface area contributed by atoms with Crippen molar-refractivity contribution in [1.82, 2.24) is 9.62 Å². The zero-order valence-electron chi connectivity index (χ0n) is 8.69. The quantitative estimate of drug-likeness (QED) is 0.731. The van der Waals surface area contributed by atoms with Gasteiger partial charge in [-0.3, -0.25) is 0 Å². The predicted octanol–water partition coefficient (Wildman–Crippen LogP) is -0.0271. The number of sulfonamides is 1. The van der Waals surface area contributed by atoms with Crippen molar-refractivity contribution in [2.45, 2.75) is 12.5 Å². The van der Waals surface area contributed by atoms with E-state index >= 15 is 0 Å². The van der Waals surface area contributed by atoms with Crippen LogP contribution in [-0.2, 0) is 10.0 Å². The lowest BCUT2D eigenvalue weighted by atomic mass is 10.3. The fourth-order valence-electron chi connectivity index (χ4n) is 1.29. The molecule has 1 N–H and O–H groups in total. The molecule has 0 spiro atoms. The Morgan fingerprint density at radius 3 is 2.79 bits per heavy atom. The van der Waals surface area contributed by atoms with Gasteiger partial charge in [-0.15, -0.1) is 0 Å². The van der Waals surface area contributed by atoms with Gasteiger partial charge in [-0.25, -0.2) is 12.7 Å². The molecular weight excluding hydrogens is 220 g/mol. The highest BCUT2D eigenvalue weighted by atomic mass is 32.2. The first-order valence-electron chi connectivity index (χ1n) is 4.72. The summed E-state index contributed by atoms with van der Waals surface area (Å²) in [5.41, 5.74) is 0. The molecule has 1 unspecified atom stereocenters. The smallest absolute Gasteiger partial charge is 0.210 e. The summed E-state index contributed by atoms with van der Waals surface area (Å²) >= 11 is 1.95. The van der Waals surface area contributed by atoms with Crippen molar-refractivity contribution in [3.05, 3.63) is 0 Å². The van der Waals surface area contributed by atoms with Crippen molar-refractivity contribution in [3.8, 4) is 0 Å². The van der Waals surface area contributed by atoms with Gasteiger partial charge in [0, 0.05) is 31.9 Å². The molecular formula is C8H18N2O2S2. The Labute approximate surface area is 90.5 Å². The molecule has 0 bridgehead atoms. The van der Waals surface area contributed by atoms with E-state index in [1.165, 1.54) is 22.7 Å². The van der Waals surface area contributed by atoms with Gasteiger partial charge in [0.15, 0.2) is 0 Å². The molecule has 0 radical (unpaired) electrons. The van der Waals surface area contributed by atoms with Crippen LogP contribution in [0.5, 0.6) is 0 Å². The van der Waals surface area contributed by atoms with Crippen LogP contribution in [0.15, 0.2) is 0 Å². The van der Waals surface area contributed by atoms with E-state index in [1.54, 1.807) is 7.05 Å². The molecule has 0 amide bonds. The maximum absolute atomic E-state index is 11.1. The van der Waals surface area contributed by atoms with Crippen molar-refractivity contribution >= 4 is 21.8 Å². The van der Waals surface area contributed by atoms with Crippen molar-refractivity contribution in [1.29, 1.82) is 0 Å². The molecule has 84 valence electrons. The first kappa shape index (κ1) is 12.3. The van der Waals surface area contributed by atoms with E-state index in [9.17, 15) is 8.42 Å². The Balaban J connectivity index is 2.14. The summed E-state index contributed by atoms with van der Waals surface area (Å²) < 4.78 is 23.5. The number of nitrogens with zero attached hydrogens (tertiary/aromatic N) is 1. The molecule has 0 aromatic carbocycles. The fourth-order valence-corrected chi connectivity index (χ4v) is 2.90. The van der Waals surface area contributed by atoms with Gasteiger partial charge in [0.05, 0.1) is 6.26 Å². The minimum absolute atomic E-state index is 0.556. The maximum Gasteiger partial charge on any atom is 0.210 e. The SMILES string of the molecule is CN(CCNC1CCSC1)S(C)(=O)=O. The third-order valence-corrected chi connectivity index (χ3v) is 4.83. The van der Waals surface area contributed by atoms with E-state index in [0.29, 0.717) is 12.6 Å². The van der Waals surface area contributed by atoms with Gasteiger partial charge in [-0.05, 0) is 12.2 Å². The van der Waals surface area contributed by atoms with Gasteiger partial charge >= 0.3 is 0 Å². The lowest BCUT2D eigenvalue weighted by molar-refractivity contribution is 0.446. The summed E-state index contributed by atoms with van der Waals surface area (Å²) in [5, 5.41) is 3.36. The zero-order valence-corrected chi connectivity index (χ0v) is 10.3. The number of nitrogens with one attached hydrogen (secondary N) is 1. The summed E-state index contributed by atoms with van der Waals surface area (Å²) in [6.07, 6.45) is 2.44. The predicted molar refractivity (Wildman–Crippen MR) is 61.2 cm³/mol.